The first kappa shape index (κ1) is 50.9. The molecule has 0 aromatic rings. The molecule has 0 saturated carbocycles. The Hall–Kier alpha value is -2.07. The Kier molecular flexibility index (Phi) is 30.5. The highest BCUT2D eigenvalue weighted by Gasteiger charge is 2.36. The third-order valence-corrected chi connectivity index (χ3v) is 10.3. The molecule has 1 fully saturated rings. The Balaban J connectivity index is 2.31. The van der Waals surface area contributed by atoms with Crippen LogP contribution in [0.4, 0.5) is 0 Å². The van der Waals surface area contributed by atoms with Crippen molar-refractivity contribution in [2.24, 2.45) is 0 Å². The number of likely N-dealkylation sites (N-methyl/N-ethyl adjacent to an activating group) is 1. The van der Waals surface area contributed by atoms with Crippen molar-refractivity contribution in [3.63, 3.8) is 0 Å². The first-order valence-electron chi connectivity index (χ1n) is 21.5. The largest absolute Gasteiger partial charge is 0.472 e. The molecule has 1 heterocycles. The molecule has 0 aromatic heterocycles. The zero-order valence-corrected chi connectivity index (χ0v) is 36.2. The summed E-state index contributed by atoms with van der Waals surface area (Å²) in [5, 5.41) is 0. The van der Waals surface area contributed by atoms with Gasteiger partial charge in [-0.1, -0.05) is 120 Å². The predicted molar refractivity (Wildman–Crippen MR) is 224 cm³/mol. The Morgan fingerprint density at radius 2 is 1.27 bits per heavy atom. The van der Waals surface area contributed by atoms with Gasteiger partial charge in [-0.05, 0) is 70.6 Å². The van der Waals surface area contributed by atoms with Crippen LogP contribution in [-0.2, 0) is 37.4 Å². The highest BCUT2D eigenvalue weighted by Crippen LogP contribution is 2.43. The Morgan fingerprint density at radius 3 is 1.95 bits per heavy atom. The number of phosphoric acid groups is 1. The zero-order valence-electron chi connectivity index (χ0n) is 35.3. The Bertz CT molecular complexity index is 1150. The van der Waals surface area contributed by atoms with Gasteiger partial charge in [0.1, 0.15) is 19.8 Å². The third-order valence-electron chi connectivity index (χ3n) is 9.27. The SMILES string of the molecule is CC/C=C\C/C=C\C/C=C\CCCCCCCC(=O)O[C@H](COC(=O)CCCCCCCC1OC1C/C=C\CCCCC)COP(=O)(O)OCC[N+](C)(C)C. The zero-order chi connectivity index (χ0) is 40.5. The molecule has 55 heavy (non-hydrogen) atoms. The van der Waals surface area contributed by atoms with Crippen LogP contribution >= 0.6 is 7.82 Å². The minimum atomic E-state index is -4.39. The van der Waals surface area contributed by atoms with Crippen LogP contribution in [0.3, 0.4) is 0 Å². The molecule has 1 N–H and O–H groups in total. The summed E-state index contributed by atoms with van der Waals surface area (Å²) in [6.45, 7) is 4.22. The van der Waals surface area contributed by atoms with E-state index in [1.54, 1.807) is 0 Å². The van der Waals surface area contributed by atoms with E-state index in [0.717, 1.165) is 96.3 Å². The molecule has 0 aliphatic carbocycles. The van der Waals surface area contributed by atoms with Crippen LogP contribution in [-0.4, -0.2) is 87.1 Å². The number of ether oxygens (including phenoxy) is 3. The van der Waals surface area contributed by atoms with Gasteiger partial charge in [-0.3, -0.25) is 18.6 Å². The fourth-order valence-corrected chi connectivity index (χ4v) is 6.54. The quantitative estimate of drug-likeness (QED) is 0.0163. The molecular formula is C44H79NO9P+. The molecule has 0 spiro atoms. The molecule has 3 unspecified atom stereocenters. The lowest BCUT2D eigenvalue weighted by atomic mass is 10.1. The smallest absolute Gasteiger partial charge is 0.462 e. The number of unbranched alkanes of at least 4 members (excludes halogenated alkanes) is 12. The summed E-state index contributed by atoms with van der Waals surface area (Å²) in [7, 11) is 1.44. The van der Waals surface area contributed by atoms with Gasteiger partial charge >= 0.3 is 19.8 Å². The molecule has 4 atom stereocenters. The van der Waals surface area contributed by atoms with E-state index in [9.17, 15) is 19.0 Å². The minimum absolute atomic E-state index is 0.0211. The first-order chi connectivity index (χ1) is 26.5. The second-order valence-corrected chi connectivity index (χ2v) is 17.2. The molecule has 0 aromatic carbocycles. The Labute approximate surface area is 335 Å². The maximum atomic E-state index is 12.7. The van der Waals surface area contributed by atoms with Crippen molar-refractivity contribution in [1.82, 2.24) is 0 Å². The van der Waals surface area contributed by atoms with Crippen molar-refractivity contribution in [3.05, 3.63) is 48.6 Å². The monoisotopic (exact) mass is 797 g/mol. The first-order valence-corrected chi connectivity index (χ1v) is 23.0. The van der Waals surface area contributed by atoms with Crippen LogP contribution in [0.2, 0.25) is 0 Å². The van der Waals surface area contributed by atoms with Crippen molar-refractivity contribution in [3.8, 4) is 0 Å². The van der Waals surface area contributed by atoms with E-state index in [4.69, 9.17) is 23.3 Å². The van der Waals surface area contributed by atoms with E-state index in [-0.39, 0.29) is 26.1 Å². The second kappa shape index (κ2) is 33.0. The second-order valence-electron chi connectivity index (χ2n) is 15.7. The normalized spacial score (nSPS) is 17.8. The number of rotatable bonds is 37. The minimum Gasteiger partial charge on any atom is -0.462 e. The highest BCUT2D eigenvalue weighted by molar-refractivity contribution is 7.47. The van der Waals surface area contributed by atoms with Crippen molar-refractivity contribution in [1.29, 1.82) is 0 Å². The lowest BCUT2D eigenvalue weighted by molar-refractivity contribution is -0.870. The van der Waals surface area contributed by atoms with Gasteiger partial charge in [0.15, 0.2) is 6.10 Å². The number of quaternary nitrogens is 1. The molecular weight excluding hydrogens is 717 g/mol. The van der Waals surface area contributed by atoms with Gasteiger partial charge in [0.2, 0.25) is 0 Å². The van der Waals surface area contributed by atoms with Crippen LogP contribution in [0.5, 0.6) is 0 Å². The summed E-state index contributed by atoms with van der Waals surface area (Å²) in [5.74, 6) is -0.845. The average molecular weight is 797 g/mol. The lowest BCUT2D eigenvalue weighted by Crippen LogP contribution is -2.37. The van der Waals surface area contributed by atoms with Crippen LogP contribution < -0.4 is 0 Å². The van der Waals surface area contributed by atoms with Gasteiger partial charge in [-0.15, -0.1) is 0 Å². The van der Waals surface area contributed by atoms with Crippen molar-refractivity contribution in [2.45, 2.75) is 173 Å². The summed E-state index contributed by atoms with van der Waals surface area (Å²) in [4.78, 5) is 35.4. The summed E-state index contributed by atoms with van der Waals surface area (Å²) in [6.07, 6.45) is 38.9. The van der Waals surface area contributed by atoms with Gasteiger partial charge in [-0.2, -0.15) is 0 Å². The van der Waals surface area contributed by atoms with Gasteiger partial charge in [0.25, 0.3) is 0 Å². The molecule has 11 heteroatoms. The standard InChI is InChI=1S/C44H78NO9P/c1-6-8-10-12-14-15-16-17-18-19-20-21-22-26-31-35-44(47)53-40(39-52-55(48,49)51-37-36-45(3,4)5)38-50-43(46)34-30-27-23-25-29-33-42-41(54-42)32-28-24-13-11-9-7-2/h8,10,14-15,17-18,24,28,40-42H,6-7,9,11-13,16,19-23,25-27,29-39H2,1-5H3/p+1/b10-8-,15-14-,18-17-,28-24-/t40-,41?,42?/m1/s1. The fourth-order valence-electron chi connectivity index (χ4n) is 5.80. The van der Waals surface area contributed by atoms with E-state index < -0.39 is 32.5 Å². The summed E-state index contributed by atoms with van der Waals surface area (Å²) >= 11 is 0. The number of nitrogens with zero attached hydrogens (tertiary/aromatic N) is 1. The summed E-state index contributed by atoms with van der Waals surface area (Å²) in [5.41, 5.74) is 0. The fraction of sp³-hybridized carbons (Fsp3) is 0.773. The number of epoxide rings is 1. The van der Waals surface area contributed by atoms with Gasteiger partial charge in [0, 0.05) is 12.8 Å². The number of carbonyl (C=O) groups excluding carboxylic acids is 2. The maximum Gasteiger partial charge on any atom is 0.472 e. The molecule has 0 amide bonds. The van der Waals surface area contributed by atoms with E-state index in [2.05, 4.69) is 62.5 Å². The van der Waals surface area contributed by atoms with Crippen molar-refractivity contribution in [2.75, 3.05) is 47.5 Å². The van der Waals surface area contributed by atoms with Gasteiger partial charge in [-0.25, -0.2) is 4.57 Å². The van der Waals surface area contributed by atoms with E-state index >= 15 is 0 Å². The van der Waals surface area contributed by atoms with E-state index in [1.807, 2.05) is 21.1 Å². The topological polar surface area (TPSA) is 121 Å². The lowest BCUT2D eigenvalue weighted by Gasteiger charge is -2.24. The van der Waals surface area contributed by atoms with Gasteiger partial charge in [0.05, 0.1) is 40.0 Å². The highest BCUT2D eigenvalue weighted by atomic mass is 31.2. The molecule has 1 aliphatic rings. The number of phosphoric ester groups is 1. The van der Waals surface area contributed by atoms with Crippen molar-refractivity contribution >= 4 is 19.8 Å². The molecule has 0 bridgehead atoms. The van der Waals surface area contributed by atoms with Crippen LogP contribution in [0.1, 0.15) is 155 Å². The number of hydrogen-bond acceptors (Lipinski definition) is 8. The molecule has 1 saturated heterocycles. The molecule has 10 nitrogen and oxygen atoms in total. The van der Waals surface area contributed by atoms with Crippen LogP contribution in [0, 0.1) is 0 Å². The van der Waals surface area contributed by atoms with Gasteiger partial charge < -0.3 is 23.6 Å². The molecule has 0 radical (unpaired) electrons. The maximum absolute atomic E-state index is 12.7. The molecule has 1 rings (SSSR count). The average Bonchev–Trinajstić information content (AvgIpc) is 3.89. The Morgan fingerprint density at radius 1 is 0.691 bits per heavy atom. The van der Waals surface area contributed by atoms with Crippen LogP contribution in [0.25, 0.3) is 0 Å². The van der Waals surface area contributed by atoms with Crippen LogP contribution in [0.15, 0.2) is 48.6 Å². The summed E-state index contributed by atoms with van der Waals surface area (Å²) < 4.78 is 40.1. The molecule has 318 valence electrons. The van der Waals surface area contributed by atoms with E-state index in [1.165, 1.54) is 19.3 Å². The molecule has 1 aliphatic heterocycles. The van der Waals surface area contributed by atoms with Crippen molar-refractivity contribution < 1.29 is 46.8 Å². The number of carbonyl (C=O) groups is 2. The number of esters is 2. The number of allylic oxidation sites excluding steroid dienone is 7. The third kappa shape index (κ3) is 33.8. The van der Waals surface area contributed by atoms with E-state index in [0.29, 0.717) is 36.1 Å². The number of hydrogen-bond donors (Lipinski definition) is 1. The summed E-state index contributed by atoms with van der Waals surface area (Å²) in [6, 6.07) is 0. The predicted octanol–water partition coefficient (Wildman–Crippen LogP) is 10.9.